The number of nitrogens with one attached hydrogen (secondary N) is 2. The van der Waals surface area contributed by atoms with E-state index in [0.717, 1.165) is 0 Å². The molecule has 86 valence electrons. The summed E-state index contributed by atoms with van der Waals surface area (Å²) in [5.74, 6) is -0.489. The van der Waals surface area contributed by atoms with Crippen LogP contribution in [-0.2, 0) is 0 Å². The second-order valence-electron chi connectivity index (χ2n) is 3.25. The number of imide groups is 1. The molecule has 0 aliphatic rings. The molecule has 0 fully saturated rings. The molecule has 0 spiro atoms. The van der Waals surface area contributed by atoms with Crippen LogP contribution in [-0.4, -0.2) is 11.9 Å². The summed E-state index contributed by atoms with van der Waals surface area (Å²) >= 11 is 0. The van der Waals surface area contributed by atoms with E-state index in [9.17, 15) is 9.59 Å². The fourth-order valence-corrected chi connectivity index (χ4v) is 1.26. The molecule has 5 nitrogen and oxygen atoms in total. The van der Waals surface area contributed by atoms with Crippen LogP contribution >= 0.6 is 0 Å². The molecule has 1 heterocycles. The first-order valence-corrected chi connectivity index (χ1v) is 4.96. The Morgan fingerprint density at radius 1 is 1.00 bits per heavy atom. The van der Waals surface area contributed by atoms with Crippen LogP contribution in [0.5, 0.6) is 0 Å². The Balaban J connectivity index is 1.92. The first kappa shape index (κ1) is 10.9. The van der Waals surface area contributed by atoms with Gasteiger partial charge in [-0.1, -0.05) is 18.2 Å². The highest BCUT2D eigenvalue weighted by atomic mass is 16.3. The Bertz CT molecular complexity index is 506. The van der Waals surface area contributed by atoms with Gasteiger partial charge in [0.15, 0.2) is 5.76 Å². The van der Waals surface area contributed by atoms with Gasteiger partial charge < -0.3 is 9.73 Å². The lowest BCUT2D eigenvalue weighted by Gasteiger charge is -2.04. The van der Waals surface area contributed by atoms with E-state index in [1.54, 1.807) is 30.3 Å². The second kappa shape index (κ2) is 4.98. The summed E-state index contributed by atoms with van der Waals surface area (Å²) in [7, 11) is 0. The molecular weight excluding hydrogens is 220 g/mol. The lowest BCUT2D eigenvalue weighted by molar-refractivity contribution is 0.0940. The van der Waals surface area contributed by atoms with Crippen molar-refractivity contribution in [3.8, 4) is 0 Å². The zero-order chi connectivity index (χ0) is 12.1. The van der Waals surface area contributed by atoms with Crippen molar-refractivity contribution >= 4 is 17.6 Å². The van der Waals surface area contributed by atoms with Crippen LogP contribution in [0.3, 0.4) is 0 Å². The van der Waals surface area contributed by atoms with Crippen LogP contribution in [0, 0.1) is 0 Å². The molecule has 5 heteroatoms. The smallest absolute Gasteiger partial charge is 0.326 e. The molecule has 3 amide bonds. The van der Waals surface area contributed by atoms with Crippen molar-refractivity contribution in [2.24, 2.45) is 0 Å². The number of furan rings is 1. The predicted molar refractivity (Wildman–Crippen MR) is 61.6 cm³/mol. The summed E-state index contributed by atoms with van der Waals surface area (Å²) in [6.07, 6.45) is 1.37. The zero-order valence-electron chi connectivity index (χ0n) is 8.84. The molecule has 2 N–H and O–H groups in total. The van der Waals surface area contributed by atoms with Gasteiger partial charge in [0, 0.05) is 5.69 Å². The highest BCUT2D eigenvalue weighted by Crippen LogP contribution is 2.04. The quantitative estimate of drug-likeness (QED) is 0.831. The van der Waals surface area contributed by atoms with E-state index in [1.807, 2.05) is 6.07 Å². The maximum Gasteiger partial charge on any atom is 0.326 e. The molecule has 1 aromatic carbocycles. The number of carbonyl (C=O) groups excluding carboxylic acids is 2. The van der Waals surface area contributed by atoms with Gasteiger partial charge in [-0.3, -0.25) is 10.1 Å². The number of rotatable bonds is 2. The minimum atomic E-state index is -0.599. The molecule has 0 aliphatic carbocycles. The maximum atomic E-state index is 11.4. The van der Waals surface area contributed by atoms with Gasteiger partial charge in [-0.25, -0.2) is 4.79 Å². The molecule has 0 radical (unpaired) electrons. The molecule has 2 rings (SSSR count). The third kappa shape index (κ3) is 2.94. The number of carbonyl (C=O) groups is 2. The summed E-state index contributed by atoms with van der Waals surface area (Å²) in [6, 6.07) is 11.3. The third-order valence-corrected chi connectivity index (χ3v) is 2.00. The first-order chi connectivity index (χ1) is 8.25. The SMILES string of the molecule is O=C(NC(=O)c1ccco1)Nc1ccccc1. The van der Waals surface area contributed by atoms with Crippen LogP contribution in [0.4, 0.5) is 10.5 Å². The van der Waals surface area contributed by atoms with Crippen LogP contribution in [0.25, 0.3) is 0 Å². The predicted octanol–water partition coefficient (Wildman–Crippen LogP) is 2.24. The lowest BCUT2D eigenvalue weighted by Crippen LogP contribution is -2.34. The Kier molecular flexibility index (Phi) is 3.20. The van der Waals surface area contributed by atoms with E-state index in [-0.39, 0.29) is 5.76 Å². The number of urea groups is 1. The van der Waals surface area contributed by atoms with Crippen molar-refractivity contribution < 1.29 is 14.0 Å². The summed E-state index contributed by atoms with van der Waals surface area (Å²) in [4.78, 5) is 22.9. The topological polar surface area (TPSA) is 71.3 Å². The largest absolute Gasteiger partial charge is 0.459 e. The highest BCUT2D eigenvalue weighted by molar-refractivity contribution is 6.06. The first-order valence-electron chi connectivity index (χ1n) is 4.96. The fourth-order valence-electron chi connectivity index (χ4n) is 1.26. The van der Waals surface area contributed by atoms with Crippen molar-refractivity contribution in [3.63, 3.8) is 0 Å². The minimum absolute atomic E-state index is 0.0909. The molecule has 0 unspecified atom stereocenters. The van der Waals surface area contributed by atoms with Gasteiger partial charge in [0.1, 0.15) is 0 Å². The standard InChI is InChI=1S/C12H10N2O3/c15-11(10-7-4-8-17-10)14-12(16)13-9-5-2-1-3-6-9/h1-8H,(H2,13,14,15,16). The van der Waals surface area contributed by atoms with Crippen molar-refractivity contribution in [1.82, 2.24) is 5.32 Å². The van der Waals surface area contributed by atoms with E-state index in [2.05, 4.69) is 10.6 Å². The molecule has 2 aromatic rings. The van der Waals surface area contributed by atoms with Gasteiger partial charge in [-0.2, -0.15) is 0 Å². The van der Waals surface area contributed by atoms with E-state index in [0.29, 0.717) is 5.69 Å². The van der Waals surface area contributed by atoms with Crippen LogP contribution in [0.15, 0.2) is 53.1 Å². The molecule has 17 heavy (non-hydrogen) atoms. The number of anilines is 1. The molecular formula is C12H10N2O3. The highest BCUT2D eigenvalue weighted by Gasteiger charge is 2.12. The van der Waals surface area contributed by atoms with Gasteiger partial charge in [-0.15, -0.1) is 0 Å². The number of hydrogen-bond acceptors (Lipinski definition) is 3. The average molecular weight is 230 g/mol. The number of hydrogen-bond donors (Lipinski definition) is 2. The van der Waals surface area contributed by atoms with E-state index in [1.165, 1.54) is 12.3 Å². The third-order valence-electron chi connectivity index (χ3n) is 2.00. The second-order valence-corrected chi connectivity index (χ2v) is 3.25. The number of amides is 3. The zero-order valence-corrected chi connectivity index (χ0v) is 8.84. The van der Waals surface area contributed by atoms with Gasteiger partial charge in [-0.05, 0) is 24.3 Å². The van der Waals surface area contributed by atoms with Crippen LogP contribution in [0.2, 0.25) is 0 Å². The maximum absolute atomic E-state index is 11.4. The lowest BCUT2D eigenvalue weighted by atomic mass is 10.3. The summed E-state index contributed by atoms with van der Waals surface area (Å²) in [6.45, 7) is 0. The Labute approximate surface area is 97.4 Å². The van der Waals surface area contributed by atoms with Crippen LogP contribution in [0.1, 0.15) is 10.6 Å². The van der Waals surface area contributed by atoms with Crippen molar-refractivity contribution in [1.29, 1.82) is 0 Å². The summed E-state index contributed by atoms with van der Waals surface area (Å²) < 4.78 is 4.85. The normalized spacial score (nSPS) is 9.65. The van der Waals surface area contributed by atoms with Crippen LogP contribution < -0.4 is 10.6 Å². The minimum Gasteiger partial charge on any atom is -0.459 e. The Morgan fingerprint density at radius 3 is 2.41 bits per heavy atom. The summed E-state index contributed by atoms with van der Waals surface area (Å²) in [5.41, 5.74) is 0.609. The van der Waals surface area contributed by atoms with Gasteiger partial charge >= 0.3 is 6.03 Å². The Hall–Kier alpha value is -2.56. The van der Waals surface area contributed by atoms with E-state index in [4.69, 9.17) is 4.42 Å². The molecule has 0 atom stereocenters. The number of benzene rings is 1. The molecule has 0 saturated carbocycles. The molecule has 0 saturated heterocycles. The molecule has 0 aliphatic heterocycles. The van der Waals surface area contributed by atoms with Gasteiger partial charge in [0.05, 0.1) is 6.26 Å². The van der Waals surface area contributed by atoms with Crippen molar-refractivity contribution in [3.05, 3.63) is 54.5 Å². The van der Waals surface area contributed by atoms with E-state index >= 15 is 0 Å². The fraction of sp³-hybridized carbons (Fsp3) is 0. The summed E-state index contributed by atoms with van der Waals surface area (Å²) in [5, 5.41) is 4.67. The molecule has 0 bridgehead atoms. The van der Waals surface area contributed by atoms with Crippen molar-refractivity contribution in [2.45, 2.75) is 0 Å². The van der Waals surface area contributed by atoms with Crippen molar-refractivity contribution in [2.75, 3.05) is 5.32 Å². The average Bonchev–Trinajstić information content (AvgIpc) is 2.83. The van der Waals surface area contributed by atoms with Gasteiger partial charge in [0.25, 0.3) is 5.91 Å². The number of para-hydroxylation sites is 1. The van der Waals surface area contributed by atoms with Gasteiger partial charge in [0.2, 0.25) is 0 Å². The Morgan fingerprint density at radius 2 is 1.76 bits per heavy atom. The molecule has 1 aromatic heterocycles. The monoisotopic (exact) mass is 230 g/mol. The van der Waals surface area contributed by atoms with E-state index < -0.39 is 11.9 Å².